The lowest BCUT2D eigenvalue weighted by Crippen LogP contribution is -2.48. The third kappa shape index (κ3) is 3.98. The van der Waals surface area contributed by atoms with Gasteiger partial charge in [0.05, 0.1) is 5.69 Å². The molecule has 0 spiro atoms. The molecule has 1 aliphatic rings. The Morgan fingerprint density at radius 1 is 1.50 bits per heavy atom. The highest BCUT2D eigenvalue weighted by Gasteiger charge is 2.26. The smallest absolute Gasteiger partial charge is 0.247 e. The molecule has 0 saturated carbocycles. The Labute approximate surface area is 122 Å². The van der Waals surface area contributed by atoms with Gasteiger partial charge in [0.25, 0.3) is 0 Å². The molecule has 4 N–H and O–H groups in total. The molecule has 0 bridgehead atoms. The molecule has 0 aromatic heterocycles. The van der Waals surface area contributed by atoms with Crippen LogP contribution >= 0.6 is 11.8 Å². The van der Waals surface area contributed by atoms with Crippen LogP contribution in [0.3, 0.4) is 0 Å². The van der Waals surface area contributed by atoms with Gasteiger partial charge in [-0.05, 0) is 26.0 Å². The summed E-state index contributed by atoms with van der Waals surface area (Å²) in [6, 6.07) is 7.06. The largest absolute Gasteiger partial charge is 0.343 e. The molecule has 1 aromatic rings. The van der Waals surface area contributed by atoms with Crippen LogP contribution in [0.2, 0.25) is 0 Å². The second kappa shape index (κ2) is 5.85. The van der Waals surface area contributed by atoms with Gasteiger partial charge in [-0.15, -0.1) is 11.8 Å². The number of amides is 2. The van der Waals surface area contributed by atoms with Crippen molar-refractivity contribution in [3.63, 3.8) is 0 Å². The van der Waals surface area contributed by atoms with Gasteiger partial charge >= 0.3 is 0 Å². The van der Waals surface area contributed by atoms with Gasteiger partial charge in [-0.3, -0.25) is 9.59 Å². The van der Waals surface area contributed by atoms with E-state index in [2.05, 4.69) is 10.6 Å². The van der Waals surface area contributed by atoms with Crippen molar-refractivity contribution in [2.24, 2.45) is 5.73 Å². The van der Waals surface area contributed by atoms with Crippen LogP contribution in [0, 0.1) is 0 Å². The number of benzene rings is 1. The van der Waals surface area contributed by atoms with Crippen molar-refractivity contribution in [2.45, 2.75) is 36.7 Å². The SMILES string of the molecule is CC(C)(N)CC(=O)N[C@@H]1CSc2ccccc2NC1=O. The minimum atomic E-state index is -0.582. The summed E-state index contributed by atoms with van der Waals surface area (Å²) in [5.41, 5.74) is 6.02. The van der Waals surface area contributed by atoms with Gasteiger partial charge < -0.3 is 16.4 Å². The number of thioether (sulfide) groups is 1. The fraction of sp³-hybridized carbons (Fsp3) is 0.429. The van der Waals surface area contributed by atoms with Gasteiger partial charge in [0.15, 0.2) is 0 Å². The van der Waals surface area contributed by atoms with Crippen LogP contribution < -0.4 is 16.4 Å². The summed E-state index contributed by atoms with van der Waals surface area (Å²) in [5.74, 6) is 0.120. The Kier molecular flexibility index (Phi) is 4.35. The molecule has 1 aromatic carbocycles. The fourth-order valence-electron chi connectivity index (χ4n) is 1.93. The van der Waals surface area contributed by atoms with E-state index in [1.165, 1.54) is 0 Å². The van der Waals surface area contributed by atoms with Crippen molar-refractivity contribution >= 4 is 29.3 Å². The lowest BCUT2D eigenvalue weighted by molar-refractivity contribution is -0.126. The summed E-state index contributed by atoms with van der Waals surface area (Å²) < 4.78 is 0. The third-order valence-corrected chi connectivity index (χ3v) is 3.99. The standard InChI is InChI=1S/C14H19N3O2S/c1-14(2,15)7-12(18)16-10-8-20-11-6-4-3-5-9(11)17-13(10)19/h3-6,10H,7-8,15H2,1-2H3,(H,16,18)(H,17,19)/t10-/m1/s1. The topological polar surface area (TPSA) is 84.2 Å². The molecule has 20 heavy (non-hydrogen) atoms. The van der Waals surface area contributed by atoms with Crippen molar-refractivity contribution in [1.82, 2.24) is 5.32 Å². The molecule has 108 valence electrons. The number of hydrogen-bond acceptors (Lipinski definition) is 4. The molecule has 1 heterocycles. The highest BCUT2D eigenvalue weighted by atomic mass is 32.2. The Hall–Kier alpha value is -1.53. The first-order valence-electron chi connectivity index (χ1n) is 6.46. The Bertz CT molecular complexity index is 525. The van der Waals surface area contributed by atoms with Crippen LogP contribution in [0.25, 0.3) is 0 Å². The zero-order chi connectivity index (χ0) is 14.8. The number of rotatable bonds is 3. The molecule has 0 fully saturated rings. The highest BCUT2D eigenvalue weighted by Crippen LogP contribution is 2.30. The van der Waals surface area contributed by atoms with Crippen LogP contribution in [-0.2, 0) is 9.59 Å². The predicted molar refractivity (Wildman–Crippen MR) is 80.6 cm³/mol. The van der Waals surface area contributed by atoms with E-state index in [0.717, 1.165) is 10.6 Å². The first-order chi connectivity index (χ1) is 9.35. The quantitative estimate of drug-likeness (QED) is 0.785. The van der Waals surface area contributed by atoms with Gasteiger partial charge in [-0.1, -0.05) is 12.1 Å². The summed E-state index contributed by atoms with van der Waals surface area (Å²) in [4.78, 5) is 25.0. The molecule has 0 unspecified atom stereocenters. The van der Waals surface area contributed by atoms with Crippen LogP contribution in [0.4, 0.5) is 5.69 Å². The van der Waals surface area contributed by atoms with Gasteiger partial charge in [0, 0.05) is 22.6 Å². The predicted octanol–water partition coefficient (Wildman–Crippen LogP) is 1.34. The minimum Gasteiger partial charge on any atom is -0.343 e. The van der Waals surface area contributed by atoms with E-state index in [9.17, 15) is 9.59 Å². The maximum Gasteiger partial charge on any atom is 0.247 e. The third-order valence-electron chi connectivity index (χ3n) is 2.82. The van der Waals surface area contributed by atoms with Crippen molar-refractivity contribution < 1.29 is 9.59 Å². The van der Waals surface area contributed by atoms with E-state index in [-0.39, 0.29) is 18.2 Å². The summed E-state index contributed by atoms with van der Waals surface area (Å²) in [6.07, 6.45) is 0.189. The Morgan fingerprint density at radius 3 is 2.90 bits per heavy atom. The van der Waals surface area contributed by atoms with Gasteiger partial charge in [-0.2, -0.15) is 0 Å². The molecule has 1 aliphatic heterocycles. The van der Waals surface area contributed by atoms with Crippen molar-refractivity contribution in [3.05, 3.63) is 24.3 Å². The van der Waals surface area contributed by atoms with Crippen LogP contribution in [-0.4, -0.2) is 29.1 Å². The van der Waals surface area contributed by atoms with E-state index in [0.29, 0.717) is 5.75 Å². The fourth-order valence-corrected chi connectivity index (χ4v) is 2.96. The van der Waals surface area contributed by atoms with Crippen LogP contribution in [0.1, 0.15) is 20.3 Å². The zero-order valence-electron chi connectivity index (χ0n) is 11.6. The molecule has 2 rings (SSSR count). The van der Waals surface area contributed by atoms with Crippen molar-refractivity contribution in [2.75, 3.05) is 11.1 Å². The van der Waals surface area contributed by atoms with Gasteiger partial charge in [-0.25, -0.2) is 0 Å². The van der Waals surface area contributed by atoms with Crippen molar-refractivity contribution in [1.29, 1.82) is 0 Å². The number of nitrogens with two attached hydrogens (primary N) is 1. The summed E-state index contributed by atoms with van der Waals surface area (Å²) in [5, 5.41) is 5.58. The number of nitrogens with one attached hydrogen (secondary N) is 2. The monoisotopic (exact) mass is 293 g/mol. The molecule has 0 saturated heterocycles. The van der Waals surface area contributed by atoms with Crippen molar-refractivity contribution in [3.8, 4) is 0 Å². The number of carbonyl (C=O) groups is 2. The average Bonchev–Trinajstić information content (AvgIpc) is 2.47. The van der Waals surface area contributed by atoms with E-state index >= 15 is 0 Å². The van der Waals surface area contributed by atoms with Gasteiger partial charge in [0.1, 0.15) is 6.04 Å². The molecule has 0 aliphatic carbocycles. The summed E-state index contributed by atoms with van der Waals surface area (Å²) in [6.45, 7) is 3.56. The van der Waals surface area contributed by atoms with E-state index in [4.69, 9.17) is 5.73 Å². The number of anilines is 1. The number of para-hydroxylation sites is 1. The maximum atomic E-state index is 12.1. The average molecular weight is 293 g/mol. The molecule has 2 amide bonds. The molecule has 1 atom stereocenters. The minimum absolute atomic E-state index is 0.189. The summed E-state index contributed by atoms with van der Waals surface area (Å²) in [7, 11) is 0. The van der Waals surface area contributed by atoms with E-state index in [1.54, 1.807) is 25.6 Å². The first kappa shape index (κ1) is 14.9. The number of fused-ring (bicyclic) bond motifs is 1. The number of hydrogen-bond donors (Lipinski definition) is 3. The summed E-state index contributed by atoms with van der Waals surface area (Å²) >= 11 is 1.55. The first-order valence-corrected chi connectivity index (χ1v) is 7.45. The second-order valence-electron chi connectivity index (χ2n) is 5.58. The maximum absolute atomic E-state index is 12.1. The van der Waals surface area contributed by atoms with E-state index < -0.39 is 11.6 Å². The lowest BCUT2D eigenvalue weighted by Gasteiger charge is -2.20. The highest BCUT2D eigenvalue weighted by molar-refractivity contribution is 7.99. The molecule has 6 heteroatoms. The molecular weight excluding hydrogens is 274 g/mol. The van der Waals surface area contributed by atoms with Crippen LogP contribution in [0.5, 0.6) is 0 Å². The van der Waals surface area contributed by atoms with E-state index in [1.807, 2.05) is 24.3 Å². The number of carbonyl (C=O) groups excluding carboxylic acids is 2. The molecular formula is C14H19N3O2S. The van der Waals surface area contributed by atoms with Crippen LogP contribution in [0.15, 0.2) is 29.2 Å². The zero-order valence-corrected chi connectivity index (χ0v) is 12.4. The Balaban J connectivity index is 2.02. The molecule has 5 nitrogen and oxygen atoms in total. The normalized spacial score (nSPS) is 18.8. The lowest BCUT2D eigenvalue weighted by atomic mass is 10.0. The second-order valence-corrected chi connectivity index (χ2v) is 6.64. The Morgan fingerprint density at radius 2 is 2.20 bits per heavy atom. The molecule has 0 radical (unpaired) electrons. The van der Waals surface area contributed by atoms with Gasteiger partial charge in [0.2, 0.25) is 11.8 Å².